The third-order valence-electron chi connectivity index (χ3n) is 6.65. The van der Waals surface area contributed by atoms with Crippen LogP contribution in [0.2, 0.25) is 0 Å². The van der Waals surface area contributed by atoms with Crippen molar-refractivity contribution < 1.29 is 5.11 Å². The summed E-state index contributed by atoms with van der Waals surface area (Å²) in [5.41, 5.74) is 0.745. The van der Waals surface area contributed by atoms with Gasteiger partial charge in [0.1, 0.15) is 0 Å². The molecule has 5 aliphatic carbocycles. The largest absolute Gasteiger partial charge is 0.393 e. The molecular weight excluding hydrogens is 208 g/mol. The van der Waals surface area contributed by atoms with Crippen molar-refractivity contribution in [3.63, 3.8) is 0 Å². The third-order valence-corrected chi connectivity index (χ3v) is 6.65. The first-order chi connectivity index (χ1) is 8.23. The lowest BCUT2D eigenvalue weighted by Crippen LogP contribution is -2.50. The van der Waals surface area contributed by atoms with E-state index in [9.17, 15) is 5.11 Å². The van der Waals surface area contributed by atoms with Gasteiger partial charge < -0.3 is 5.11 Å². The first kappa shape index (κ1) is 10.8. The average Bonchev–Trinajstić information content (AvgIpc) is 2.27. The Morgan fingerprint density at radius 3 is 1.65 bits per heavy atom. The van der Waals surface area contributed by atoms with Crippen LogP contribution >= 0.6 is 0 Å². The molecule has 1 nitrogen and oxygen atoms in total. The van der Waals surface area contributed by atoms with Gasteiger partial charge in [-0.15, -0.1) is 0 Å². The van der Waals surface area contributed by atoms with Crippen molar-refractivity contribution >= 4 is 0 Å². The zero-order valence-electron chi connectivity index (χ0n) is 10.9. The summed E-state index contributed by atoms with van der Waals surface area (Å²) in [5.74, 6) is 4.24. The third kappa shape index (κ3) is 1.69. The normalized spacial score (nSPS) is 57.4. The van der Waals surface area contributed by atoms with Crippen LogP contribution in [0.15, 0.2) is 0 Å². The molecule has 17 heavy (non-hydrogen) atoms. The van der Waals surface area contributed by atoms with Gasteiger partial charge in [-0.1, -0.05) is 0 Å². The fraction of sp³-hybridized carbons (Fsp3) is 1.00. The summed E-state index contributed by atoms with van der Waals surface area (Å²) in [6, 6.07) is 0. The van der Waals surface area contributed by atoms with E-state index in [1.165, 1.54) is 12.8 Å². The van der Waals surface area contributed by atoms with Crippen molar-refractivity contribution in [2.45, 2.75) is 70.3 Å². The van der Waals surface area contributed by atoms with E-state index in [1.54, 1.807) is 38.5 Å². The van der Waals surface area contributed by atoms with E-state index < -0.39 is 0 Å². The van der Waals surface area contributed by atoms with Crippen molar-refractivity contribution in [1.29, 1.82) is 0 Å². The van der Waals surface area contributed by atoms with Gasteiger partial charge in [-0.3, -0.25) is 0 Å². The number of aliphatic hydroxyl groups excluding tert-OH is 1. The van der Waals surface area contributed by atoms with Gasteiger partial charge in [-0.05, 0) is 93.3 Å². The summed E-state index contributed by atoms with van der Waals surface area (Å²) in [6.07, 6.45) is 14.2. The molecular formula is C16H26O. The first-order valence-corrected chi connectivity index (χ1v) is 7.91. The average molecular weight is 234 g/mol. The van der Waals surface area contributed by atoms with Crippen LogP contribution in [0.1, 0.15) is 64.2 Å². The van der Waals surface area contributed by atoms with Crippen molar-refractivity contribution in [3.05, 3.63) is 0 Å². The molecule has 96 valence electrons. The number of hydrogen-bond donors (Lipinski definition) is 1. The second-order valence-electron chi connectivity index (χ2n) is 7.79. The lowest BCUT2D eigenvalue weighted by molar-refractivity contribution is -0.101. The summed E-state index contributed by atoms with van der Waals surface area (Å²) in [4.78, 5) is 0. The Bertz CT molecular complexity index is 265. The zero-order chi connectivity index (χ0) is 11.5. The Labute approximate surface area is 105 Å². The van der Waals surface area contributed by atoms with Crippen LogP contribution in [0.3, 0.4) is 0 Å². The van der Waals surface area contributed by atoms with Crippen LogP contribution < -0.4 is 0 Å². The second-order valence-corrected chi connectivity index (χ2v) is 7.79. The Morgan fingerprint density at radius 2 is 1.18 bits per heavy atom. The lowest BCUT2D eigenvalue weighted by atomic mass is 9.45. The van der Waals surface area contributed by atoms with Crippen molar-refractivity contribution in [3.8, 4) is 0 Å². The van der Waals surface area contributed by atoms with Crippen LogP contribution in [0, 0.1) is 29.1 Å². The minimum Gasteiger partial charge on any atom is -0.393 e. The molecule has 0 saturated heterocycles. The zero-order valence-corrected chi connectivity index (χ0v) is 10.9. The molecule has 0 aliphatic heterocycles. The predicted molar refractivity (Wildman–Crippen MR) is 68.6 cm³/mol. The van der Waals surface area contributed by atoms with Gasteiger partial charge in [-0.2, -0.15) is 0 Å². The molecule has 0 amide bonds. The molecule has 0 heterocycles. The summed E-state index contributed by atoms with van der Waals surface area (Å²) >= 11 is 0. The highest BCUT2D eigenvalue weighted by Crippen LogP contribution is 2.64. The molecule has 0 aromatic heterocycles. The van der Waals surface area contributed by atoms with Crippen LogP contribution in [0.4, 0.5) is 0 Å². The van der Waals surface area contributed by atoms with Gasteiger partial charge in [0.2, 0.25) is 0 Å². The predicted octanol–water partition coefficient (Wildman–Crippen LogP) is 3.75. The maximum absolute atomic E-state index is 9.71. The fourth-order valence-electron chi connectivity index (χ4n) is 6.37. The maximum Gasteiger partial charge on any atom is 0.0540 e. The van der Waals surface area contributed by atoms with Crippen molar-refractivity contribution in [1.82, 2.24) is 0 Å². The summed E-state index contributed by atoms with van der Waals surface area (Å²) in [7, 11) is 0. The highest BCUT2D eigenvalue weighted by molar-refractivity contribution is 5.04. The number of hydrogen-bond acceptors (Lipinski definition) is 1. The molecule has 0 radical (unpaired) electrons. The highest BCUT2D eigenvalue weighted by Gasteiger charge is 2.54. The van der Waals surface area contributed by atoms with E-state index in [0.717, 1.165) is 41.9 Å². The molecule has 5 rings (SSSR count). The minimum absolute atomic E-state index is 0.0279. The van der Waals surface area contributed by atoms with Crippen LogP contribution in [-0.4, -0.2) is 11.2 Å². The molecule has 5 saturated carbocycles. The molecule has 5 fully saturated rings. The van der Waals surface area contributed by atoms with Crippen molar-refractivity contribution in [2.75, 3.05) is 0 Å². The van der Waals surface area contributed by atoms with E-state index >= 15 is 0 Å². The smallest absolute Gasteiger partial charge is 0.0540 e. The number of rotatable bonds is 1. The minimum atomic E-state index is 0.0279. The standard InChI is InChI=1S/C16H26O/c17-15-3-1-14(2-4-15)16-8-11-5-12(9-16)7-13(6-11)10-16/h11-15,17H,1-10H2. The quantitative estimate of drug-likeness (QED) is 0.732. The summed E-state index contributed by atoms with van der Waals surface area (Å²) < 4.78 is 0. The van der Waals surface area contributed by atoms with E-state index in [1.807, 2.05) is 0 Å². The molecule has 4 bridgehead atoms. The van der Waals surface area contributed by atoms with Gasteiger partial charge >= 0.3 is 0 Å². The fourth-order valence-corrected chi connectivity index (χ4v) is 6.37. The molecule has 0 spiro atoms. The second kappa shape index (κ2) is 3.73. The van der Waals surface area contributed by atoms with E-state index in [2.05, 4.69) is 0 Å². The van der Waals surface area contributed by atoms with Gasteiger partial charge in [0.05, 0.1) is 6.10 Å². The summed E-state index contributed by atoms with van der Waals surface area (Å²) in [5, 5.41) is 9.71. The molecule has 1 heteroatoms. The Morgan fingerprint density at radius 1 is 0.706 bits per heavy atom. The van der Waals surface area contributed by atoms with E-state index in [4.69, 9.17) is 0 Å². The molecule has 0 atom stereocenters. The van der Waals surface area contributed by atoms with Crippen molar-refractivity contribution in [2.24, 2.45) is 29.1 Å². The maximum atomic E-state index is 9.71. The Kier molecular flexibility index (Phi) is 2.38. The number of aliphatic hydroxyl groups is 1. The molecule has 1 N–H and O–H groups in total. The Balaban J connectivity index is 1.56. The topological polar surface area (TPSA) is 20.2 Å². The Hall–Kier alpha value is -0.0400. The monoisotopic (exact) mass is 234 g/mol. The van der Waals surface area contributed by atoms with Gasteiger partial charge in [0.15, 0.2) is 0 Å². The van der Waals surface area contributed by atoms with E-state index in [0.29, 0.717) is 0 Å². The molecule has 0 unspecified atom stereocenters. The first-order valence-electron chi connectivity index (χ1n) is 7.91. The van der Waals surface area contributed by atoms with Gasteiger partial charge in [0.25, 0.3) is 0 Å². The van der Waals surface area contributed by atoms with E-state index in [-0.39, 0.29) is 6.10 Å². The van der Waals surface area contributed by atoms with Gasteiger partial charge in [-0.25, -0.2) is 0 Å². The van der Waals surface area contributed by atoms with Crippen LogP contribution in [0.5, 0.6) is 0 Å². The van der Waals surface area contributed by atoms with Crippen LogP contribution in [0.25, 0.3) is 0 Å². The molecule has 0 aromatic carbocycles. The summed E-state index contributed by atoms with van der Waals surface area (Å²) in [6.45, 7) is 0. The van der Waals surface area contributed by atoms with Crippen LogP contribution in [-0.2, 0) is 0 Å². The SMILES string of the molecule is OC1CCC(C23CC4CC(CC(C4)C2)C3)CC1. The molecule has 5 aliphatic rings. The van der Waals surface area contributed by atoms with Gasteiger partial charge in [0, 0.05) is 0 Å². The highest BCUT2D eigenvalue weighted by atomic mass is 16.3. The molecule has 0 aromatic rings. The lowest BCUT2D eigenvalue weighted by Gasteiger charge is -2.60.